The van der Waals surface area contributed by atoms with Crippen LogP contribution in [0.15, 0.2) is 57.9 Å². The summed E-state index contributed by atoms with van der Waals surface area (Å²) >= 11 is 10.1. The van der Waals surface area contributed by atoms with Gasteiger partial charge in [-0.25, -0.2) is 4.79 Å². The number of thiocarbonyl (C=S) groups is 1. The maximum atomic E-state index is 13.3. The molecule has 1 aliphatic rings. The number of methoxy groups -OCH3 is 1. The van der Waals surface area contributed by atoms with Crippen LogP contribution in [0.3, 0.4) is 0 Å². The van der Waals surface area contributed by atoms with Gasteiger partial charge < -0.3 is 9.47 Å². The van der Waals surface area contributed by atoms with Gasteiger partial charge in [0.25, 0.3) is 5.91 Å². The highest BCUT2D eigenvalue weighted by atomic mass is 79.9. The van der Waals surface area contributed by atoms with Crippen molar-refractivity contribution in [3.63, 3.8) is 0 Å². The van der Waals surface area contributed by atoms with Gasteiger partial charge in [0.1, 0.15) is 10.1 Å². The first-order chi connectivity index (χ1) is 14.5. The monoisotopic (exact) mass is 505 g/mol. The number of hydrogen-bond donors (Lipinski definition) is 0. The predicted octanol–water partition coefficient (Wildman–Crippen LogP) is 5.35. The smallest absolute Gasteiger partial charge is 0.333 e. The number of thioether (sulfide) groups is 1. The van der Waals surface area contributed by atoms with Gasteiger partial charge in [0.2, 0.25) is 0 Å². The van der Waals surface area contributed by atoms with Crippen molar-refractivity contribution in [1.29, 1.82) is 0 Å². The van der Waals surface area contributed by atoms with Gasteiger partial charge in [0, 0.05) is 10.0 Å². The van der Waals surface area contributed by atoms with Crippen LogP contribution in [0.2, 0.25) is 0 Å². The molecular formula is C22H20BrNO4S2. The first-order valence-electron chi connectivity index (χ1n) is 9.28. The summed E-state index contributed by atoms with van der Waals surface area (Å²) in [5.41, 5.74) is 1.38. The summed E-state index contributed by atoms with van der Waals surface area (Å²) in [6.07, 6.45) is 2.41. The Balaban J connectivity index is 1.98. The zero-order chi connectivity index (χ0) is 21.7. The number of carbonyl (C=O) groups excluding carboxylic acids is 2. The predicted molar refractivity (Wildman–Crippen MR) is 126 cm³/mol. The van der Waals surface area contributed by atoms with Crippen molar-refractivity contribution in [3.05, 3.63) is 69.0 Å². The molecule has 1 heterocycles. The SMILES string of the molecule is CCCOC(=O)C(c1ccccc1)N1C(=O)/C(=C\c2cc(Br)ccc2OC)SC1=S. The summed E-state index contributed by atoms with van der Waals surface area (Å²) in [6.45, 7) is 2.19. The highest BCUT2D eigenvalue weighted by molar-refractivity contribution is 9.10. The number of esters is 1. The van der Waals surface area contributed by atoms with Crippen molar-refractivity contribution in [2.24, 2.45) is 0 Å². The van der Waals surface area contributed by atoms with Crippen molar-refractivity contribution in [2.45, 2.75) is 19.4 Å². The van der Waals surface area contributed by atoms with Crippen LogP contribution in [0.4, 0.5) is 0 Å². The molecule has 3 rings (SSSR count). The number of hydrogen-bond acceptors (Lipinski definition) is 6. The largest absolute Gasteiger partial charge is 0.496 e. The lowest BCUT2D eigenvalue weighted by atomic mass is 10.1. The summed E-state index contributed by atoms with van der Waals surface area (Å²) in [5, 5.41) is 0. The van der Waals surface area contributed by atoms with E-state index >= 15 is 0 Å². The van der Waals surface area contributed by atoms with E-state index in [1.165, 1.54) is 4.90 Å². The number of ether oxygens (including phenoxy) is 2. The molecule has 1 saturated heterocycles. The third-order valence-electron chi connectivity index (χ3n) is 4.35. The summed E-state index contributed by atoms with van der Waals surface area (Å²) in [5.74, 6) is -0.208. The van der Waals surface area contributed by atoms with E-state index < -0.39 is 12.0 Å². The molecule has 0 bridgehead atoms. The molecular weight excluding hydrogens is 486 g/mol. The highest BCUT2D eigenvalue weighted by Gasteiger charge is 2.42. The molecule has 1 amide bonds. The fraction of sp³-hybridized carbons (Fsp3) is 0.227. The lowest BCUT2D eigenvalue weighted by Gasteiger charge is -2.25. The molecule has 0 N–H and O–H groups in total. The molecule has 30 heavy (non-hydrogen) atoms. The number of rotatable bonds is 7. The average molecular weight is 506 g/mol. The summed E-state index contributed by atoms with van der Waals surface area (Å²) in [4.78, 5) is 27.9. The van der Waals surface area contributed by atoms with Gasteiger partial charge in [-0.15, -0.1) is 0 Å². The van der Waals surface area contributed by atoms with E-state index in [-0.39, 0.29) is 12.5 Å². The lowest BCUT2D eigenvalue weighted by Crippen LogP contribution is -2.38. The Labute approximate surface area is 193 Å². The van der Waals surface area contributed by atoms with Crippen molar-refractivity contribution in [3.8, 4) is 5.75 Å². The molecule has 1 fully saturated rings. The van der Waals surface area contributed by atoms with Crippen molar-refractivity contribution >= 4 is 62.2 Å². The normalized spacial score (nSPS) is 16.1. The Bertz CT molecular complexity index is 994. The van der Waals surface area contributed by atoms with E-state index in [9.17, 15) is 9.59 Å². The van der Waals surface area contributed by atoms with Crippen molar-refractivity contribution in [1.82, 2.24) is 4.90 Å². The molecule has 0 aliphatic carbocycles. The molecule has 5 nitrogen and oxygen atoms in total. The van der Waals surface area contributed by atoms with E-state index in [0.29, 0.717) is 27.0 Å². The van der Waals surface area contributed by atoms with Crippen LogP contribution in [-0.4, -0.2) is 34.8 Å². The summed E-state index contributed by atoms with van der Waals surface area (Å²) < 4.78 is 11.9. The van der Waals surface area contributed by atoms with Gasteiger partial charge in [0.15, 0.2) is 6.04 Å². The van der Waals surface area contributed by atoms with E-state index in [2.05, 4.69) is 15.9 Å². The molecule has 0 radical (unpaired) electrons. The van der Waals surface area contributed by atoms with Crippen molar-refractivity contribution < 1.29 is 19.1 Å². The first kappa shape index (κ1) is 22.5. The quantitative estimate of drug-likeness (QED) is 0.287. The van der Waals surface area contributed by atoms with Crippen LogP contribution in [0.5, 0.6) is 5.75 Å². The Kier molecular flexibility index (Phi) is 7.69. The van der Waals surface area contributed by atoms with Crippen LogP contribution >= 0.6 is 39.9 Å². The van der Waals surface area contributed by atoms with E-state index in [1.54, 1.807) is 25.3 Å². The molecule has 0 aromatic heterocycles. The zero-order valence-electron chi connectivity index (χ0n) is 16.5. The number of carbonyl (C=O) groups is 2. The van der Waals surface area contributed by atoms with Crippen LogP contribution in [0.1, 0.15) is 30.5 Å². The molecule has 0 saturated carbocycles. The molecule has 8 heteroatoms. The highest BCUT2D eigenvalue weighted by Crippen LogP contribution is 2.40. The van der Waals surface area contributed by atoms with Gasteiger partial charge in [-0.1, -0.05) is 77.2 Å². The minimum Gasteiger partial charge on any atom is -0.496 e. The van der Waals surface area contributed by atoms with Crippen LogP contribution in [-0.2, 0) is 14.3 Å². The zero-order valence-corrected chi connectivity index (χ0v) is 19.7. The second-order valence-electron chi connectivity index (χ2n) is 6.42. The second kappa shape index (κ2) is 10.2. The topological polar surface area (TPSA) is 55.8 Å². The molecule has 2 aromatic carbocycles. The third kappa shape index (κ3) is 4.94. The Morgan fingerprint density at radius 2 is 2.00 bits per heavy atom. The van der Waals surface area contributed by atoms with Gasteiger partial charge >= 0.3 is 5.97 Å². The third-order valence-corrected chi connectivity index (χ3v) is 6.17. The fourth-order valence-corrected chi connectivity index (χ4v) is 4.65. The summed E-state index contributed by atoms with van der Waals surface area (Å²) in [6, 6.07) is 13.7. The Morgan fingerprint density at radius 1 is 1.27 bits per heavy atom. The first-order valence-corrected chi connectivity index (χ1v) is 11.3. The number of amides is 1. The fourth-order valence-electron chi connectivity index (χ4n) is 2.97. The van der Waals surface area contributed by atoms with E-state index in [4.69, 9.17) is 21.7 Å². The Morgan fingerprint density at radius 3 is 2.67 bits per heavy atom. The lowest BCUT2D eigenvalue weighted by molar-refractivity contribution is -0.151. The average Bonchev–Trinajstić information content (AvgIpc) is 3.01. The van der Waals surface area contributed by atoms with Gasteiger partial charge in [-0.2, -0.15) is 0 Å². The van der Waals surface area contributed by atoms with Crippen LogP contribution in [0.25, 0.3) is 6.08 Å². The van der Waals surface area contributed by atoms with Gasteiger partial charge in [0.05, 0.1) is 18.6 Å². The molecule has 1 atom stereocenters. The Hall–Kier alpha value is -2.16. The maximum absolute atomic E-state index is 13.3. The minimum absolute atomic E-state index is 0.280. The number of halogens is 1. The number of benzene rings is 2. The van der Waals surface area contributed by atoms with E-state index in [1.807, 2.05) is 43.3 Å². The second-order valence-corrected chi connectivity index (χ2v) is 9.01. The molecule has 1 unspecified atom stereocenters. The molecule has 156 valence electrons. The number of nitrogens with zero attached hydrogens (tertiary/aromatic N) is 1. The van der Waals surface area contributed by atoms with Gasteiger partial charge in [-0.05, 0) is 36.3 Å². The van der Waals surface area contributed by atoms with Crippen LogP contribution in [0, 0.1) is 0 Å². The van der Waals surface area contributed by atoms with Gasteiger partial charge in [-0.3, -0.25) is 9.69 Å². The molecule has 1 aliphatic heterocycles. The maximum Gasteiger partial charge on any atom is 0.333 e. The standard InChI is InChI=1S/C22H20BrNO4S2/c1-3-11-28-21(26)19(14-7-5-4-6-8-14)24-20(25)18(30-22(24)29)13-15-12-16(23)9-10-17(15)27-2/h4-10,12-13,19H,3,11H2,1-2H3/b18-13+. The minimum atomic E-state index is -0.930. The molecule has 2 aromatic rings. The van der Waals surface area contributed by atoms with Crippen molar-refractivity contribution in [2.75, 3.05) is 13.7 Å². The summed E-state index contributed by atoms with van der Waals surface area (Å²) in [7, 11) is 1.57. The molecule has 0 spiro atoms. The van der Waals surface area contributed by atoms with Crippen LogP contribution < -0.4 is 4.74 Å². The van der Waals surface area contributed by atoms with E-state index in [0.717, 1.165) is 21.8 Å².